The molecule has 0 aliphatic rings. The summed E-state index contributed by atoms with van der Waals surface area (Å²) in [5.74, 6) is -0.591. The van der Waals surface area contributed by atoms with Crippen molar-refractivity contribution in [3.05, 3.63) is 65.7 Å². The van der Waals surface area contributed by atoms with Crippen molar-refractivity contribution in [3.8, 4) is 0 Å². The first-order valence-electron chi connectivity index (χ1n) is 7.18. The maximum atomic E-state index is 13.9. The van der Waals surface area contributed by atoms with E-state index in [1.165, 1.54) is 6.07 Å². The summed E-state index contributed by atoms with van der Waals surface area (Å²) in [6, 6.07) is 11.4. The Morgan fingerprint density at radius 2 is 1.95 bits per heavy atom. The van der Waals surface area contributed by atoms with Crippen molar-refractivity contribution in [1.82, 2.24) is 15.2 Å². The van der Waals surface area contributed by atoms with Gasteiger partial charge in [0.05, 0.1) is 0 Å². The van der Waals surface area contributed by atoms with E-state index in [-0.39, 0.29) is 11.7 Å². The van der Waals surface area contributed by atoms with Gasteiger partial charge in [0, 0.05) is 30.4 Å². The van der Waals surface area contributed by atoms with Crippen molar-refractivity contribution in [3.63, 3.8) is 0 Å². The Morgan fingerprint density at radius 1 is 1.23 bits per heavy atom. The topological polar surface area (TPSA) is 45.2 Å². The van der Waals surface area contributed by atoms with Gasteiger partial charge in [-0.25, -0.2) is 4.39 Å². The number of nitrogens with one attached hydrogen (secondary N) is 1. The molecule has 22 heavy (non-hydrogen) atoms. The SMILES string of the molecule is CN(C)[C@@H](C(=O)NCCc1ccccn1)c1ccccc1F. The summed E-state index contributed by atoms with van der Waals surface area (Å²) in [4.78, 5) is 18.3. The van der Waals surface area contributed by atoms with Crippen LogP contribution in [0, 0.1) is 5.82 Å². The molecular formula is C17H20FN3O. The average molecular weight is 301 g/mol. The lowest BCUT2D eigenvalue weighted by molar-refractivity contribution is -0.125. The smallest absolute Gasteiger partial charge is 0.242 e. The molecule has 0 saturated carbocycles. The fourth-order valence-electron chi connectivity index (χ4n) is 2.31. The maximum absolute atomic E-state index is 13.9. The summed E-state index contributed by atoms with van der Waals surface area (Å²) in [5.41, 5.74) is 1.29. The molecule has 4 nitrogen and oxygen atoms in total. The maximum Gasteiger partial charge on any atom is 0.242 e. The van der Waals surface area contributed by atoms with E-state index in [4.69, 9.17) is 0 Å². The van der Waals surface area contributed by atoms with Gasteiger partial charge in [-0.3, -0.25) is 14.7 Å². The Morgan fingerprint density at radius 3 is 2.59 bits per heavy atom. The summed E-state index contributed by atoms with van der Waals surface area (Å²) in [7, 11) is 3.52. The number of halogens is 1. The van der Waals surface area contributed by atoms with Crippen LogP contribution in [0.3, 0.4) is 0 Å². The van der Waals surface area contributed by atoms with Crippen LogP contribution in [0.1, 0.15) is 17.3 Å². The summed E-state index contributed by atoms with van der Waals surface area (Å²) >= 11 is 0. The Kier molecular flexibility index (Phi) is 5.61. The predicted octanol–water partition coefficient (Wildman–Crippen LogP) is 2.18. The highest BCUT2D eigenvalue weighted by Gasteiger charge is 2.25. The highest BCUT2D eigenvalue weighted by molar-refractivity contribution is 5.83. The molecule has 0 saturated heterocycles. The zero-order valence-corrected chi connectivity index (χ0v) is 12.8. The van der Waals surface area contributed by atoms with Crippen LogP contribution in [-0.2, 0) is 11.2 Å². The minimum Gasteiger partial charge on any atom is -0.354 e. The molecule has 0 bridgehead atoms. The van der Waals surface area contributed by atoms with E-state index in [1.807, 2.05) is 18.2 Å². The zero-order valence-electron chi connectivity index (χ0n) is 12.8. The van der Waals surface area contributed by atoms with Gasteiger partial charge in [-0.1, -0.05) is 24.3 Å². The highest BCUT2D eigenvalue weighted by atomic mass is 19.1. The number of hydrogen-bond donors (Lipinski definition) is 1. The lowest BCUT2D eigenvalue weighted by Gasteiger charge is -2.24. The molecular weight excluding hydrogens is 281 g/mol. The minimum absolute atomic E-state index is 0.217. The lowest BCUT2D eigenvalue weighted by Crippen LogP contribution is -2.38. The number of hydrogen-bond acceptors (Lipinski definition) is 3. The number of rotatable bonds is 6. The largest absolute Gasteiger partial charge is 0.354 e. The molecule has 1 aromatic carbocycles. The van der Waals surface area contributed by atoms with E-state index in [2.05, 4.69) is 10.3 Å². The summed E-state index contributed by atoms with van der Waals surface area (Å²) < 4.78 is 13.9. The predicted molar refractivity (Wildman–Crippen MR) is 83.8 cm³/mol. The van der Waals surface area contributed by atoms with Crippen molar-refractivity contribution in [1.29, 1.82) is 0 Å². The fraction of sp³-hybridized carbons (Fsp3) is 0.294. The Hall–Kier alpha value is -2.27. The van der Waals surface area contributed by atoms with Crippen molar-refractivity contribution >= 4 is 5.91 Å². The quantitative estimate of drug-likeness (QED) is 0.889. The average Bonchev–Trinajstić information content (AvgIpc) is 2.50. The van der Waals surface area contributed by atoms with Gasteiger partial charge in [-0.05, 0) is 32.3 Å². The monoisotopic (exact) mass is 301 g/mol. The van der Waals surface area contributed by atoms with E-state index in [1.54, 1.807) is 43.4 Å². The van der Waals surface area contributed by atoms with Crippen LogP contribution in [0.2, 0.25) is 0 Å². The van der Waals surface area contributed by atoms with Crippen LogP contribution in [0.15, 0.2) is 48.7 Å². The summed E-state index contributed by atoms with van der Waals surface area (Å²) in [5, 5.41) is 2.85. The molecule has 0 unspecified atom stereocenters. The normalized spacial score (nSPS) is 12.2. The first-order chi connectivity index (χ1) is 10.6. The van der Waals surface area contributed by atoms with Crippen molar-refractivity contribution in [2.24, 2.45) is 0 Å². The van der Waals surface area contributed by atoms with Gasteiger partial charge in [-0.2, -0.15) is 0 Å². The van der Waals surface area contributed by atoms with Gasteiger partial charge in [-0.15, -0.1) is 0 Å². The second-order valence-electron chi connectivity index (χ2n) is 5.25. The highest BCUT2D eigenvalue weighted by Crippen LogP contribution is 2.21. The van der Waals surface area contributed by atoms with Gasteiger partial charge in [0.25, 0.3) is 0 Å². The van der Waals surface area contributed by atoms with Crippen LogP contribution in [-0.4, -0.2) is 36.4 Å². The summed E-state index contributed by atoms with van der Waals surface area (Å²) in [6.07, 6.45) is 2.36. The Bertz CT molecular complexity index is 616. The lowest BCUT2D eigenvalue weighted by atomic mass is 10.0. The molecule has 116 valence electrons. The second-order valence-corrected chi connectivity index (χ2v) is 5.25. The van der Waals surface area contributed by atoms with Crippen molar-refractivity contribution < 1.29 is 9.18 Å². The van der Waals surface area contributed by atoms with E-state index in [0.717, 1.165) is 5.69 Å². The Labute approximate surface area is 130 Å². The van der Waals surface area contributed by atoms with Gasteiger partial charge in [0.1, 0.15) is 11.9 Å². The van der Waals surface area contributed by atoms with Crippen LogP contribution >= 0.6 is 0 Å². The molecule has 2 rings (SSSR count). The molecule has 1 amide bonds. The second kappa shape index (κ2) is 7.66. The van der Waals surface area contributed by atoms with Crippen LogP contribution in [0.5, 0.6) is 0 Å². The van der Waals surface area contributed by atoms with Gasteiger partial charge < -0.3 is 5.32 Å². The molecule has 0 radical (unpaired) electrons. The molecule has 0 aliphatic carbocycles. The number of nitrogens with zero attached hydrogens (tertiary/aromatic N) is 2. The molecule has 1 atom stereocenters. The summed E-state index contributed by atoms with van der Waals surface area (Å²) in [6.45, 7) is 0.467. The van der Waals surface area contributed by atoms with Gasteiger partial charge >= 0.3 is 0 Å². The third-order valence-corrected chi connectivity index (χ3v) is 3.37. The van der Waals surface area contributed by atoms with Gasteiger partial charge in [0.15, 0.2) is 0 Å². The van der Waals surface area contributed by atoms with E-state index < -0.39 is 6.04 Å². The molecule has 1 N–H and O–H groups in total. The molecule has 2 aromatic rings. The van der Waals surface area contributed by atoms with Crippen LogP contribution in [0.25, 0.3) is 0 Å². The number of carbonyl (C=O) groups is 1. The van der Waals surface area contributed by atoms with E-state index >= 15 is 0 Å². The molecule has 0 spiro atoms. The molecule has 0 fully saturated rings. The molecule has 1 aromatic heterocycles. The first kappa shape index (κ1) is 16.1. The third kappa shape index (κ3) is 4.11. The van der Waals surface area contributed by atoms with Gasteiger partial charge in [0.2, 0.25) is 5.91 Å². The van der Waals surface area contributed by atoms with E-state index in [9.17, 15) is 9.18 Å². The van der Waals surface area contributed by atoms with Crippen molar-refractivity contribution in [2.75, 3.05) is 20.6 Å². The minimum atomic E-state index is -0.648. The first-order valence-corrected chi connectivity index (χ1v) is 7.18. The number of aromatic nitrogens is 1. The molecule has 0 aliphatic heterocycles. The van der Waals surface area contributed by atoms with Crippen LogP contribution in [0.4, 0.5) is 4.39 Å². The number of pyridine rings is 1. The standard InChI is InChI=1S/C17H20FN3O/c1-21(2)16(14-8-3-4-9-15(14)18)17(22)20-12-10-13-7-5-6-11-19-13/h3-9,11,16H,10,12H2,1-2H3,(H,20,22)/t16-/m1/s1. The number of likely N-dealkylation sites (N-methyl/N-ethyl adjacent to an activating group) is 1. The fourth-order valence-corrected chi connectivity index (χ4v) is 2.31. The van der Waals surface area contributed by atoms with Crippen molar-refractivity contribution in [2.45, 2.75) is 12.5 Å². The Balaban J connectivity index is 2.00. The number of benzene rings is 1. The molecule has 5 heteroatoms. The zero-order chi connectivity index (χ0) is 15.9. The van der Waals surface area contributed by atoms with E-state index in [0.29, 0.717) is 18.5 Å². The third-order valence-electron chi connectivity index (χ3n) is 3.37. The number of carbonyl (C=O) groups excluding carboxylic acids is 1. The molecule has 1 heterocycles. The van der Waals surface area contributed by atoms with Crippen LogP contribution < -0.4 is 5.32 Å². The number of amides is 1.